The number of thioether (sulfide) groups is 1. The first kappa shape index (κ1) is 20.1. The molecule has 0 fully saturated rings. The molecule has 0 aliphatic carbocycles. The number of aromatic nitrogens is 2. The van der Waals surface area contributed by atoms with Gasteiger partial charge in [-0.3, -0.25) is 14.2 Å². The number of fused-ring (bicyclic) bond motifs is 3. The number of para-hydroxylation sites is 1. The Morgan fingerprint density at radius 1 is 1.34 bits per heavy atom. The molecule has 1 aliphatic rings. The number of hydrogen-bond donors (Lipinski definition) is 0. The Labute approximate surface area is 177 Å². The maximum Gasteiger partial charge on any atom is 0.262 e. The van der Waals surface area contributed by atoms with Crippen LogP contribution in [0.25, 0.3) is 10.2 Å². The third-order valence-corrected chi connectivity index (χ3v) is 7.23. The van der Waals surface area contributed by atoms with E-state index >= 15 is 0 Å². The lowest BCUT2D eigenvalue weighted by Crippen LogP contribution is -2.32. The lowest BCUT2D eigenvalue weighted by Gasteiger charge is -2.29. The van der Waals surface area contributed by atoms with E-state index in [9.17, 15) is 9.59 Å². The normalized spacial score (nSPS) is 15.3. The molecule has 3 aromatic rings. The number of hydrogen-bond acceptors (Lipinski definition) is 6. The van der Waals surface area contributed by atoms with E-state index in [4.69, 9.17) is 9.72 Å². The van der Waals surface area contributed by atoms with Crippen LogP contribution >= 0.6 is 23.1 Å². The van der Waals surface area contributed by atoms with Crippen molar-refractivity contribution >= 4 is 44.9 Å². The highest BCUT2D eigenvalue weighted by Gasteiger charge is 2.31. The van der Waals surface area contributed by atoms with Crippen LogP contribution in [0, 0.1) is 0 Å². The van der Waals surface area contributed by atoms with Crippen molar-refractivity contribution in [2.24, 2.45) is 7.05 Å². The Morgan fingerprint density at radius 3 is 2.79 bits per heavy atom. The summed E-state index contributed by atoms with van der Waals surface area (Å²) >= 11 is 2.81. The van der Waals surface area contributed by atoms with Crippen molar-refractivity contribution in [1.82, 2.24) is 9.55 Å². The summed E-state index contributed by atoms with van der Waals surface area (Å²) in [5.74, 6) is 0.162. The van der Waals surface area contributed by atoms with Crippen LogP contribution in [0.1, 0.15) is 24.3 Å². The summed E-state index contributed by atoms with van der Waals surface area (Å²) in [6, 6.07) is 9.49. The molecule has 152 valence electrons. The zero-order chi connectivity index (χ0) is 20.8. The number of nitrogens with zero attached hydrogens (tertiary/aromatic N) is 3. The maximum absolute atomic E-state index is 13.1. The van der Waals surface area contributed by atoms with Crippen LogP contribution in [-0.2, 0) is 29.6 Å². The smallest absolute Gasteiger partial charge is 0.262 e. The van der Waals surface area contributed by atoms with Crippen molar-refractivity contribution in [1.29, 1.82) is 0 Å². The van der Waals surface area contributed by atoms with Crippen LogP contribution in [0.15, 0.2) is 40.3 Å². The highest BCUT2D eigenvalue weighted by atomic mass is 32.2. The molecule has 0 atom stereocenters. The minimum Gasteiger partial charge on any atom is -0.370 e. The minimum atomic E-state index is -0.284. The molecular formula is C21H23N3O3S2. The highest BCUT2D eigenvalue weighted by molar-refractivity contribution is 7.99. The summed E-state index contributed by atoms with van der Waals surface area (Å²) in [7, 11) is 3.47. The van der Waals surface area contributed by atoms with Crippen molar-refractivity contribution in [3.05, 3.63) is 51.1 Å². The molecule has 0 N–H and O–H groups in total. The van der Waals surface area contributed by atoms with Gasteiger partial charge in [0.15, 0.2) is 5.16 Å². The summed E-state index contributed by atoms with van der Waals surface area (Å²) < 4.78 is 7.44. The third-order valence-electron chi connectivity index (χ3n) is 5.11. The Balaban J connectivity index is 1.60. The van der Waals surface area contributed by atoms with E-state index in [1.54, 1.807) is 23.6 Å². The number of amides is 1. The van der Waals surface area contributed by atoms with Gasteiger partial charge in [-0.05, 0) is 31.5 Å². The van der Waals surface area contributed by atoms with E-state index in [0.717, 1.165) is 21.0 Å². The van der Waals surface area contributed by atoms with Gasteiger partial charge in [-0.15, -0.1) is 11.3 Å². The highest BCUT2D eigenvalue weighted by Crippen LogP contribution is 2.37. The molecule has 0 spiro atoms. The molecule has 4 rings (SSSR count). The van der Waals surface area contributed by atoms with Gasteiger partial charge < -0.3 is 9.64 Å². The van der Waals surface area contributed by atoms with Crippen molar-refractivity contribution in [3.63, 3.8) is 0 Å². The molecular weight excluding hydrogens is 406 g/mol. The number of thiophene rings is 1. The number of anilines is 1. The van der Waals surface area contributed by atoms with Crippen molar-refractivity contribution in [2.45, 2.75) is 37.6 Å². The topological polar surface area (TPSA) is 64.4 Å². The monoisotopic (exact) mass is 429 g/mol. The molecule has 3 heterocycles. The van der Waals surface area contributed by atoms with Crippen LogP contribution in [0.3, 0.4) is 0 Å². The zero-order valence-corrected chi connectivity index (χ0v) is 18.5. The van der Waals surface area contributed by atoms with Gasteiger partial charge in [-0.2, -0.15) is 0 Å². The second-order valence-corrected chi connectivity index (χ2v) is 9.77. The molecule has 1 aromatic carbocycles. The number of carbonyl (C=O) groups is 1. The summed E-state index contributed by atoms with van der Waals surface area (Å²) in [5.41, 5.74) is 1.56. The number of rotatable bonds is 4. The summed E-state index contributed by atoms with van der Waals surface area (Å²) in [5, 5.41) is 1.25. The fourth-order valence-electron chi connectivity index (χ4n) is 3.40. The summed E-state index contributed by atoms with van der Waals surface area (Å²) in [4.78, 5) is 33.8. The second-order valence-electron chi connectivity index (χ2n) is 7.74. The van der Waals surface area contributed by atoms with E-state index in [0.29, 0.717) is 23.6 Å². The average Bonchev–Trinajstić information content (AvgIpc) is 3.05. The van der Waals surface area contributed by atoms with Crippen LogP contribution in [0.4, 0.5) is 5.69 Å². The van der Waals surface area contributed by atoms with Crippen LogP contribution in [-0.4, -0.2) is 33.9 Å². The lowest BCUT2D eigenvalue weighted by atomic mass is 9.94. The Kier molecular flexibility index (Phi) is 5.27. The first-order valence-corrected chi connectivity index (χ1v) is 11.2. The van der Waals surface area contributed by atoms with E-state index in [-0.39, 0.29) is 22.8 Å². The maximum atomic E-state index is 13.1. The Morgan fingerprint density at radius 2 is 2.07 bits per heavy atom. The molecule has 1 aliphatic heterocycles. The lowest BCUT2D eigenvalue weighted by molar-refractivity contribution is -0.115. The van der Waals surface area contributed by atoms with Crippen molar-refractivity contribution < 1.29 is 9.53 Å². The summed E-state index contributed by atoms with van der Waals surface area (Å²) in [6.07, 6.45) is 0.700. The zero-order valence-electron chi connectivity index (χ0n) is 16.9. The van der Waals surface area contributed by atoms with E-state index < -0.39 is 0 Å². The van der Waals surface area contributed by atoms with Gasteiger partial charge >= 0.3 is 0 Å². The predicted octanol–water partition coefficient (Wildman–Crippen LogP) is 3.60. The Hall–Kier alpha value is -2.16. The minimum absolute atomic E-state index is 0.0452. The van der Waals surface area contributed by atoms with Crippen LogP contribution < -0.4 is 10.5 Å². The van der Waals surface area contributed by atoms with Gasteiger partial charge in [0, 0.05) is 31.1 Å². The fourth-order valence-corrected chi connectivity index (χ4v) is 5.43. The van der Waals surface area contributed by atoms with E-state index in [2.05, 4.69) is 0 Å². The van der Waals surface area contributed by atoms with Gasteiger partial charge in [0.25, 0.3) is 5.56 Å². The third kappa shape index (κ3) is 3.84. The molecule has 6 nitrogen and oxygen atoms in total. The molecule has 0 saturated carbocycles. The first-order chi connectivity index (χ1) is 13.8. The SMILES string of the molecule is CN(C(=O)CSc1nc2sc3c(c2c(=O)n1C)CC(C)(C)OC3)c1ccccc1. The van der Waals surface area contributed by atoms with Crippen molar-refractivity contribution in [3.8, 4) is 0 Å². The van der Waals surface area contributed by atoms with Crippen LogP contribution in [0.2, 0.25) is 0 Å². The molecule has 0 unspecified atom stereocenters. The van der Waals surface area contributed by atoms with Gasteiger partial charge in [-0.1, -0.05) is 30.0 Å². The van der Waals surface area contributed by atoms with Crippen LogP contribution in [0.5, 0.6) is 0 Å². The molecule has 0 saturated heterocycles. The largest absolute Gasteiger partial charge is 0.370 e. The molecule has 8 heteroatoms. The molecule has 0 radical (unpaired) electrons. The molecule has 29 heavy (non-hydrogen) atoms. The number of benzene rings is 1. The standard InChI is InChI=1S/C21H23N3O3S2/c1-21(2)10-14-15(11-27-21)29-18-17(14)19(26)24(4)20(22-18)28-12-16(25)23(3)13-8-6-5-7-9-13/h5-9H,10-12H2,1-4H3. The van der Waals surface area contributed by atoms with Gasteiger partial charge in [0.1, 0.15) is 4.83 Å². The first-order valence-electron chi connectivity index (χ1n) is 9.36. The Bertz CT molecular complexity index is 1140. The van der Waals surface area contributed by atoms with Crippen molar-refractivity contribution in [2.75, 3.05) is 17.7 Å². The predicted molar refractivity (Wildman–Crippen MR) is 118 cm³/mol. The molecule has 0 bridgehead atoms. The summed E-state index contributed by atoms with van der Waals surface area (Å²) in [6.45, 7) is 4.59. The number of ether oxygens (including phenoxy) is 1. The second kappa shape index (κ2) is 7.59. The molecule has 2 aromatic heterocycles. The van der Waals surface area contributed by atoms with E-state index in [1.165, 1.54) is 23.1 Å². The number of carbonyl (C=O) groups excluding carboxylic acids is 1. The molecule has 1 amide bonds. The van der Waals surface area contributed by atoms with Gasteiger partial charge in [0.05, 0.1) is 23.3 Å². The average molecular weight is 430 g/mol. The van der Waals surface area contributed by atoms with E-state index in [1.807, 2.05) is 44.2 Å². The van der Waals surface area contributed by atoms with Gasteiger partial charge in [-0.25, -0.2) is 4.98 Å². The quantitative estimate of drug-likeness (QED) is 0.468. The fraction of sp³-hybridized carbons (Fsp3) is 0.381. The van der Waals surface area contributed by atoms with Gasteiger partial charge in [0.2, 0.25) is 5.91 Å².